The minimum atomic E-state index is 0.0638. The van der Waals surface area contributed by atoms with E-state index in [0.717, 1.165) is 29.3 Å². The summed E-state index contributed by atoms with van der Waals surface area (Å²) in [5.41, 5.74) is 1.99. The molecule has 0 aliphatic heterocycles. The largest absolute Gasteiger partial charge is 0.486 e. The van der Waals surface area contributed by atoms with Crippen molar-refractivity contribution in [1.29, 1.82) is 0 Å². The lowest BCUT2D eigenvalue weighted by Gasteiger charge is -2.04. The molecule has 1 N–H and O–H groups in total. The van der Waals surface area contributed by atoms with E-state index in [9.17, 15) is 4.79 Å². The number of amides is 1. The molecule has 1 saturated carbocycles. The maximum absolute atomic E-state index is 11.7. The number of rotatable bonds is 6. The van der Waals surface area contributed by atoms with Gasteiger partial charge in [0, 0.05) is 11.4 Å². The molecular formula is C16H18N2O2S. The number of nitrogens with zero attached hydrogens (tertiary/aromatic N) is 1. The van der Waals surface area contributed by atoms with Gasteiger partial charge in [0.1, 0.15) is 17.4 Å². The third kappa shape index (κ3) is 4.29. The van der Waals surface area contributed by atoms with Crippen LogP contribution in [0.1, 0.15) is 29.1 Å². The van der Waals surface area contributed by atoms with Crippen molar-refractivity contribution in [3.63, 3.8) is 0 Å². The van der Waals surface area contributed by atoms with E-state index in [4.69, 9.17) is 4.74 Å². The SMILES string of the molecule is Cc1cccc(OCc2nc(CC(=O)NC3CC3)cs2)c1. The Hall–Kier alpha value is -1.88. The molecule has 1 aromatic carbocycles. The van der Waals surface area contributed by atoms with E-state index in [1.165, 1.54) is 16.9 Å². The molecular weight excluding hydrogens is 284 g/mol. The lowest BCUT2D eigenvalue weighted by atomic mass is 10.2. The average molecular weight is 302 g/mol. The van der Waals surface area contributed by atoms with Gasteiger partial charge in [-0.25, -0.2) is 4.98 Å². The van der Waals surface area contributed by atoms with Gasteiger partial charge in [0.15, 0.2) is 0 Å². The Morgan fingerprint density at radius 1 is 1.48 bits per heavy atom. The number of aryl methyl sites for hydroxylation is 1. The van der Waals surface area contributed by atoms with Crippen molar-refractivity contribution in [3.8, 4) is 5.75 Å². The predicted octanol–water partition coefficient (Wildman–Crippen LogP) is 2.85. The van der Waals surface area contributed by atoms with E-state index >= 15 is 0 Å². The second-order valence-corrected chi connectivity index (χ2v) is 6.30. The number of carbonyl (C=O) groups excluding carboxylic acids is 1. The van der Waals surface area contributed by atoms with E-state index in [2.05, 4.69) is 10.3 Å². The predicted molar refractivity (Wildman–Crippen MR) is 82.5 cm³/mol. The number of ether oxygens (including phenoxy) is 1. The summed E-state index contributed by atoms with van der Waals surface area (Å²) in [4.78, 5) is 16.2. The first-order valence-electron chi connectivity index (χ1n) is 7.11. The van der Waals surface area contributed by atoms with Crippen LogP contribution < -0.4 is 10.1 Å². The Labute approximate surface area is 128 Å². The average Bonchev–Trinajstić information content (AvgIpc) is 3.14. The van der Waals surface area contributed by atoms with Crippen molar-refractivity contribution in [2.45, 2.75) is 38.8 Å². The Morgan fingerprint density at radius 3 is 3.10 bits per heavy atom. The van der Waals surface area contributed by atoms with Gasteiger partial charge in [-0.15, -0.1) is 11.3 Å². The summed E-state index contributed by atoms with van der Waals surface area (Å²) in [5, 5.41) is 5.80. The van der Waals surface area contributed by atoms with Crippen LogP contribution in [0.4, 0.5) is 0 Å². The lowest BCUT2D eigenvalue weighted by Crippen LogP contribution is -2.27. The van der Waals surface area contributed by atoms with Gasteiger partial charge in [-0.3, -0.25) is 4.79 Å². The highest BCUT2D eigenvalue weighted by Gasteiger charge is 2.23. The van der Waals surface area contributed by atoms with Gasteiger partial charge >= 0.3 is 0 Å². The van der Waals surface area contributed by atoms with Crippen LogP contribution in [0.5, 0.6) is 5.75 Å². The highest BCUT2D eigenvalue weighted by atomic mass is 32.1. The van der Waals surface area contributed by atoms with Crippen molar-refractivity contribution in [2.75, 3.05) is 0 Å². The monoisotopic (exact) mass is 302 g/mol. The second-order valence-electron chi connectivity index (χ2n) is 5.36. The molecule has 110 valence electrons. The van der Waals surface area contributed by atoms with Gasteiger partial charge < -0.3 is 10.1 Å². The number of nitrogens with one attached hydrogen (secondary N) is 1. The van der Waals surface area contributed by atoms with Gasteiger partial charge in [-0.1, -0.05) is 12.1 Å². The molecule has 1 aliphatic rings. The maximum Gasteiger partial charge on any atom is 0.226 e. The third-order valence-corrected chi connectivity index (χ3v) is 4.11. The number of carbonyl (C=O) groups is 1. The molecule has 0 spiro atoms. The maximum atomic E-state index is 11.7. The number of aromatic nitrogens is 1. The van der Waals surface area contributed by atoms with E-state index < -0.39 is 0 Å². The summed E-state index contributed by atoms with van der Waals surface area (Å²) >= 11 is 1.53. The quantitative estimate of drug-likeness (QED) is 0.892. The van der Waals surface area contributed by atoms with Crippen molar-refractivity contribution >= 4 is 17.2 Å². The molecule has 1 aliphatic carbocycles. The molecule has 0 atom stereocenters. The topological polar surface area (TPSA) is 51.2 Å². The molecule has 3 rings (SSSR count). The van der Waals surface area contributed by atoms with E-state index in [1.807, 2.05) is 36.6 Å². The molecule has 1 fully saturated rings. The van der Waals surface area contributed by atoms with Gasteiger partial charge in [0.25, 0.3) is 0 Å². The molecule has 1 amide bonds. The van der Waals surface area contributed by atoms with Gasteiger partial charge in [0.05, 0.1) is 12.1 Å². The summed E-state index contributed by atoms with van der Waals surface area (Å²) in [7, 11) is 0. The van der Waals surface area contributed by atoms with Gasteiger partial charge in [-0.2, -0.15) is 0 Å². The fraction of sp³-hybridized carbons (Fsp3) is 0.375. The van der Waals surface area contributed by atoms with Crippen LogP contribution >= 0.6 is 11.3 Å². The van der Waals surface area contributed by atoms with E-state index in [-0.39, 0.29) is 5.91 Å². The standard InChI is InChI=1S/C16H18N2O2S/c1-11-3-2-4-14(7-11)20-9-16-18-13(10-21-16)8-15(19)17-12-5-6-12/h2-4,7,10,12H,5-6,8-9H2,1H3,(H,17,19). The van der Waals surface area contributed by atoms with Crippen molar-refractivity contribution in [1.82, 2.24) is 10.3 Å². The number of hydrogen-bond acceptors (Lipinski definition) is 4. The fourth-order valence-corrected chi connectivity index (χ4v) is 2.72. The summed E-state index contributed by atoms with van der Waals surface area (Å²) in [6.07, 6.45) is 2.58. The van der Waals surface area contributed by atoms with Crippen LogP contribution in [-0.4, -0.2) is 16.9 Å². The van der Waals surface area contributed by atoms with Crippen LogP contribution in [0.25, 0.3) is 0 Å². The zero-order valence-corrected chi connectivity index (χ0v) is 12.8. The number of hydrogen-bond donors (Lipinski definition) is 1. The first kappa shape index (κ1) is 14.1. The summed E-state index contributed by atoms with van der Waals surface area (Å²) in [6.45, 7) is 2.48. The molecule has 0 bridgehead atoms. The Bertz CT molecular complexity index is 635. The Morgan fingerprint density at radius 2 is 2.33 bits per heavy atom. The smallest absolute Gasteiger partial charge is 0.226 e. The van der Waals surface area contributed by atoms with Crippen LogP contribution in [0, 0.1) is 6.92 Å². The first-order chi connectivity index (χ1) is 10.2. The zero-order valence-electron chi connectivity index (χ0n) is 12.0. The third-order valence-electron chi connectivity index (χ3n) is 3.24. The minimum Gasteiger partial charge on any atom is -0.486 e. The van der Waals surface area contributed by atoms with Crippen LogP contribution in [0.3, 0.4) is 0 Å². The summed E-state index contributed by atoms with van der Waals surface area (Å²) < 4.78 is 5.71. The van der Waals surface area contributed by atoms with Crippen LogP contribution in [-0.2, 0) is 17.8 Å². The van der Waals surface area contributed by atoms with Crippen LogP contribution in [0.15, 0.2) is 29.6 Å². The van der Waals surface area contributed by atoms with E-state index in [1.54, 1.807) is 0 Å². The van der Waals surface area contributed by atoms with Crippen molar-refractivity contribution < 1.29 is 9.53 Å². The normalized spacial score (nSPS) is 14.0. The van der Waals surface area contributed by atoms with Crippen LogP contribution in [0.2, 0.25) is 0 Å². The summed E-state index contributed by atoms with van der Waals surface area (Å²) in [6, 6.07) is 8.34. The number of benzene rings is 1. The highest BCUT2D eigenvalue weighted by molar-refractivity contribution is 7.09. The zero-order chi connectivity index (χ0) is 14.7. The number of thiazole rings is 1. The summed E-state index contributed by atoms with van der Waals surface area (Å²) in [5.74, 6) is 0.909. The van der Waals surface area contributed by atoms with Crippen molar-refractivity contribution in [2.24, 2.45) is 0 Å². The lowest BCUT2D eigenvalue weighted by molar-refractivity contribution is -0.120. The highest BCUT2D eigenvalue weighted by Crippen LogP contribution is 2.19. The first-order valence-corrected chi connectivity index (χ1v) is 7.99. The Kier molecular flexibility index (Phi) is 4.20. The molecule has 0 radical (unpaired) electrons. The molecule has 21 heavy (non-hydrogen) atoms. The van der Waals surface area contributed by atoms with E-state index in [0.29, 0.717) is 19.1 Å². The minimum absolute atomic E-state index is 0.0638. The molecule has 0 saturated heterocycles. The molecule has 0 unspecified atom stereocenters. The fourth-order valence-electron chi connectivity index (χ4n) is 2.02. The second kappa shape index (κ2) is 6.26. The Balaban J connectivity index is 1.51. The van der Waals surface area contributed by atoms with Crippen molar-refractivity contribution in [3.05, 3.63) is 45.9 Å². The molecule has 1 aromatic heterocycles. The molecule has 4 nitrogen and oxygen atoms in total. The molecule has 1 heterocycles. The van der Waals surface area contributed by atoms with Gasteiger partial charge in [-0.05, 0) is 37.5 Å². The molecule has 5 heteroatoms. The molecule has 2 aromatic rings. The van der Waals surface area contributed by atoms with Gasteiger partial charge in [0.2, 0.25) is 5.91 Å².